The van der Waals surface area contributed by atoms with Crippen molar-refractivity contribution < 1.29 is 17.6 Å². The molecule has 0 amide bonds. The molecule has 1 aromatic heterocycles. The highest BCUT2D eigenvalue weighted by Crippen LogP contribution is 2.31. The van der Waals surface area contributed by atoms with Gasteiger partial charge in [0.2, 0.25) is 0 Å². The molecule has 1 heterocycles. The molecule has 0 fully saturated rings. The van der Waals surface area contributed by atoms with Crippen molar-refractivity contribution >= 4 is 0 Å². The first-order chi connectivity index (χ1) is 5.95. The van der Waals surface area contributed by atoms with Gasteiger partial charge in [-0.05, 0) is 19.1 Å². The van der Waals surface area contributed by atoms with Crippen LogP contribution in [0.5, 0.6) is 0 Å². The Hall–Kier alpha value is -1.13. The highest BCUT2D eigenvalue weighted by Gasteiger charge is 2.33. The minimum atomic E-state index is -4.53. The molecule has 1 rings (SSSR count). The van der Waals surface area contributed by atoms with Crippen molar-refractivity contribution in [3.8, 4) is 0 Å². The first-order valence-corrected chi connectivity index (χ1v) is 3.55. The second kappa shape index (κ2) is 3.32. The van der Waals surface area contributed by atoms with E-state index in [9.17, 15) is 17.6 Å². The Bertz CT molecular complexity index is 306. The summed E-state index contributed by atoms with van der Waals surface area (Å²) in [4.78, 5) is 3.46. The summed E-state index contributed by atoms with van der Waals surface area (Å²) in [5, 5.41) is 0. The zero-order chi connectivity index (χ0) is 10.1. The number of aryl methyl sites for hydroxylation is 1. The van der Waals surface area contributed by atoms with E-state index in [2.05, 4.69) is 4.98 Å². The zero-order valence-corrected chi connectivity index (χ0v) is 6.82. The molecule has 0 spiro atoms. The maximum Gasteiger partial charge on any atom is 0.418 e. The summed E-state index contributed by atoms with van der Waals surface area (Å²) in [6.45, 7) is 0.315. The summed E-state index contributed by atoms with van der Waals surface area (Å²) in [7, 11) is 0. The zero-order valence-electron chi connectivity index (χ0n) is 6.82. The lowest BCUT2D eigenvalue weighted by Crippen LogP contribution is -2.10. The van der Waals surface area contributed by atoms with Gasteiger partial charge < -0.3 is 0 Å². The molecule has 0 unspecified atom stereocenters. The van der Waals surface area contributed by atoms with Crippen molar-refractivity contribution in [1.29, 1.82) is 0 Å². The van der Waals surface area contributed by atoms with E-state index in [4.69, 9.17) is 0 Å². The second-order valence-corrected chi connectivity index (χ2v) is 2.58. The summed E-state index contributed by atoms with van der Waals surface area (Å²) in [5.74, 6) is 0. The van der Waals surface area contributed by atoms with Crippen LogP contribution >= 0.6 is 0 Å². The van der Waals surface area contributed by atoms with Crippen LogP contribution in [0.15, 0.2) is 12.1 Å². The summed E-state index contributed by atoms with van der Waals surface area (Å²) < 4.78 is 48.6. The highest BCUT2D eigenvalue weighted by atomic mass is 19.4. The van der Waals surface area contributed by atoms with Crippen LogP contribution < -0.4 is 0 Å². The van der Waals surface area contributed by atoms with Gasteiger partial charge in [0.1, 0.15) is 6.67 Å². The number of nitrogens with zero attached hydrogens (tertiary/aromatic N) is 1. The Balaban J connectivity index is 3.22. The maximum atomic E-state index is 12.2. The molecular formula is C8H7F4N. The highest BCUT2D eigenvalue weighted by molar-refractivity contribution is 5.24. The number of aromatic nitrogens is 1. The van der Waals surface area contributed by atoms with Crippen LogP contribution in [-0.4, -0.2) is 4.98 Å². The molecule has 1 nitrogen and oxygen atoms in total. The molecule has 5 heteroatoms. The quantitative estimate of drug-likeness (QED) is 0.625. The van der Waals surface area contributed by atoms with Crippen LogP contribution in [0.3, 0.4) is 0 Å². The van der Waals surface area contributed by atoms with Crippen molar-refractivity contribution in [1.82, 2.24) is 4.98 Å². The maximum absolute atomic E-state index is 12.2. The Kier molecular flexibility index (Phi) is 2.54. The van der Waals surface area contributed by atoms with Crippen molar-refractivity contribution in [2.45, 2.75) is 19.8 Å². The Morgan fingerprint density at radius 1 is 1.31 bits per heavy atom. The van der Waals surface area contributed by atoms with Gasteiger partial charge in [-0.15, -0.1) is 0 Å². The third-order valence-corrected chi connectivity index (χ3v) is 1.55. The van der Waals surface area contributed by atoms with E-state index >= 15 is 0 Å². The van der Waals surface area contributed by atoms with E-state index in [1.54, 1.807) is 0 Å². The molecule has 0 saturated carbocycles. The monoisotopic (exact) mass is 193 g/mol. The largest absolute Gasteiger partial charge is 0.418 e. The lowest BCUT2D eigenvalue weighted by atomic mass is 10.2. The summed E-state index contributed by atoms with van der Waals surface area (Å²) in [6, 6.07) is 2.05. The molecule has 0 atom stereocenters. The van der Waals surface area contributed by atoms with Crippen molar-refractivity contribution in [3.05, 3.63) is 29.1 Å². The molecule has 1 aromatic rings. The fourth-order valence-electron chi connectivity index (χ4n) is 0.970. The second-order valence-electron chi connectivity index (χ2n) is 2.58. The van der Waals surface area contributed by atoms with Crippen LogP contribution in [0.2, 0.25) is 0 Å². The van der Waals surface area contributed by atoms with Gasteiger partial charge in [-0.25, -0.2) is 4.39 Å². The fourth-order valence-corrected chi connectivity index (χ4v) is 0.970. The van der Waals surface area contributed by atoms with Gasteiger partial charge in [0.05, 0.1) is 11.3 Å². The van der Waals surface area contributed by atoms with Crippen LogP contribution in [0.4, 0.5) is 17.6 Å². The molecule has 0 aliphatic heterocycles. The molecule has 0 saturated heterocycles. The number of pyridine rings is 1. The van der Waals surface area contributed by atoms with E-state index in [0.717, 1.165) is 6.07 Å². The molecule has 0 N–H and O–H groups in total. The number of rotatable bonds is 1. The predicted octanol–water partition coefficient (Wildman–Crippen LogP) is 2.88. The fraction of sp³-hybridized carbons (Fsp3) is 0.375. The summed E-state index contributed by atoms with van der Waals surface area (Å²) in [5.41, 5.74) is -1.17. The van der Waals surface area contributed by atoms with Gasteiger partial charge >= 0.3 is 6.18 Å². The molecule has 13 heavy (non-hydrogen) atoms. The Morgan fingerprint density at radius 2 is 1.92 bits per heavy atom. The molecule has 0 radical (unpaired) electrons. The van der Waals surface area contributed by atoms with E-state index in [0.29, 0.717) is 5.69 Å². The number of hydrogen-bond acceptors (Lipinski definition) is 1. The third kappa shape index (κ3) is 2.17. The van der Waals surface area contributed by atoms with Crippen LogP contribution in [0.1, 0.15) is 17.0 Å². The third-order valence-electron chi connectivity index (χ3n) is 1.55. The first-order valence-electron chi connectivity index (χ1n) is 3.55. The molecule has 0 aliphatic carbocycles. The van der Waals surface area contributed by atoms with E-state index in [-0.39, 0.29) is 0 Å². The van der Waals surface area contributed by atoms with E-state index < -0.39 is 24.1 Å². The minimum Gasteiger partial charge on any atom is -0.255 e. The van der Waals surface area contributed by atoms with Crippen LogP contribution in [0, 0.1) is 6.92 Å². The molecule has 0 bridgehead atoms. The van der Waals surface area contributed by atoms with Gasteiger partial charge in [-0.1, -0.05) is 0 Å². The Labute approximate surface area is 72.4 Å². The molecular weight excluding hydrogens is 186 g/mol. The average Bonchev–Trinajstić information content (AvgIpc) is 2.01. The van der Waals surface area contributed by atoms with Crippen molar-refractivity contribution in [2.75, 3.05) is 0 Å². The summed E-state index contributed by atoms with van der Waals surface area (Å²) in [6.07, 6.45) is -4.53. The van der Waals surface area contributed by atoms with Gasteiger partial charge in [0.25, 0.3) is 0 Å². The SMILES string of the molecule is Cc1ccc(C(F)(F)F)c(CF)n1. The lowest BCUT2D eigenvalue weighted by Gasteiger charge is -2.09. The average molecular weight is 193 g/mol. The van der Waals surface area contributed by atoms with E-state index in [1.165, 1.54) is 13.0 Å². The number of halogens is 4. The van der Waals surface area contributed by atoms with Crippen molar-refractivity contribution in [2.24, 2.45) is 0 Å². The van der Waals surface area contributed by atoms with Crippen LogP contribution in [-0.2, 0) is 12.9 Å². The number of hydrogen-bond donors (Lipinski definition) is 0. The molecule has 0 aliphatic rings. The van der Waals surface area contributed by atoms with Gasteiger partial charge in [0, 0.05) is 5.69 Å². The topological polar surface area (TPSA) is 12.9 Å². The van der Waals surface area contributed by atoms with Gasteiger partial charge in [0.15, 0.2) is 0 Å². The van der Waals surface area contributed by atoms with Gasteiger partial charge in [-0.2, -0.15) is 13.2 Å². The molecule has 0 aromatic carbocycles. The normalized spacial score (nSPS) is 11.8. The lowest BCUT2D eigenvalue weighted by molar-refractivity contribution is -0.138. The standard InChI is InChI=1S/C8H7F4N/c1-5-2-3-6(8(10,11)12)7(4-9)13-5/h2-3H,4H2,1H3. The summed E-state index contributed by atoms with van der Waals surface area (Å²) >= 11 is 0. The number of alkyl halides is 4. The van der Waals surface area contributed by atoms with E-state index in [1.807, 2.05) is 0 Å². The minimum absolute atomic E-state index is 0.376. The first kappa shape index (κ1) is 9.95. The van der Waals surface area contributed by atoms with Crippen molar-refractivity contribution in [3.63, 3.8) is 0 Å². The van der Waals surface area contributed by atoms with Gasteiger partial charge in [-0.3, -0.25) is 4.98 Å². The predicted molar refractivity (Wildman–Crippen MR) is 38.8 cm³/mol. The smallest absolute Gasteiger partial charge is 0.255 e. The Morgan fingerprint density at radius 3 is 2.38 bits per heavy atom. The molecule has 72 valence electrons. The van der Waals surface area contributed by atoms with Crippen LogP contribution in [0.25, 0.3) is 0 Å².